The summed E-state index contributed by atoms with van der Waals surface area (Å²) in [6.45, 7) is 2.46. The van der Waals surface area contributed by atoms with Crippen LogP contribution in [0.15, 0.2) is 60.9 Å². The maximum absolute atomic E-state index is 13.2. The average molecular weight is 477 g/mol. The number of aromatic nitrogens is 2. The number of rotatable bonds is 6. The van der Waals surface area contributed by atoms with Crippen molar-refractivity contribution in [3.63, 3.8) is 0 Å². The topological polar surface area (TPSA) is 76.5 Å². The predicted molar refractivity (Wildman–Crippen MR) is 128 cm³/mol. The zero-order valence-electron chi connectivity index (χ0n) is 19.5. The number of hydrogen-bond donors (Lipinski definition) is 1. The molecule has 0 bridgehead atoms. The number of nitrogens with zero attached hydrogens (tertiary/aromatic N) is 3. The van der Waals surface area contributed by atoms with Crippen molar-refractivity contribution in [2.24, 2.45) is 5.92 Å². The van der Waals surface area contributed by atoms with E-state index in [1.165, 1.54) is 17.7 Å². The van der Waals surface area contributed by atoms with E-state index in [4.69, 9.17) is 4.74 Å². The molecule has 2 aliphatic heterocycles. The summed E-state index contributed by atoms with van der Waals surface area (Å²) in [6.07, 6.45) is 3.55. The standard InChI is InChI=1S/C27H29FN4O3/c28-22-8-6-20(7-9-22)24-16-32-18-30-25(23(32)17-35-24)27(34)31-14-11-21(12-15-31)26(33)29-13-10-19-4-2-1-3-5-19/h1-9,18,21,24H,10-17H2,(H,29,33)/t24-/m0/s1. The molecule has 1 atom stereocenters. The Balaban J connectivity index is 1.13. The third kappa shape index (κ3) is 5.27. The molecule has 2 amide bonds. The Hall–Kier alpha value is -3.52. The summed E-state index contributed by atoms with van der Waals surface area (Å²) < 4.78 is 21.1. The minimum absolute atomic E-state index is 0.0626. The Kier molecular flexibility index (Phi) is 6.90. The lowest BCUT2D eigenvalue weighted by atomic mass is 9.95. The van der Waals surface area contributed by atoms with Gasteiger partial charge in [-0.2, -0.15) is 0 Å². The van der Waals surface area contributed by atoms with Crippen molar-refractivity contribution in [2.75, 3.05) is 19.6 Å². The average Bonchev–Trinajstić information content (AvgIpc) is 3.33. The van der Waals surface area contributed by atoms with Gasteiger partial charge < -0.3 is 19.5 Å². The first kappa shape index (κ1) is 23.2. The molecular formula is C27H29FN4O3. The molecule has 2 aromatic carbocycles. The minimum Gasteiger partial charge on any atom is -0.365 e. The molecule has 1 fully saturated rings. The zero-order valence-corrected chi connectivity index (χ0v) is 19.5. The quantitative estimate of drug-likeness (QED) is 0.591. The molecule has 35 heavy (non-hydrogen) atoms. The van der Waals surface area contributed by atoms with E-state index in [2.05, 4.69) is 22.4 Å². The van der Waals surface area contributed by atoms with Crippen LogP contribution in [0.1, 0.15) is 46.3 Å². The van der Waals surface area contributed by atoms with E-state index < -0.39 is 0 Å². The summed E-state index contributed by atoms with van der Waals surface area (Å²) >= 11 is 0. The van der Waals surface area contributed by atoms with Crippen LogP contribution in [-0.2, 0) is 29.1 Å². The monoisotopic (exact) mass is 476 g/mol. The van der Waals surface area contributed by atoms with Gasteiger partial charge in [0, 0.05) is 25.6 Å². The summed E-state index contributed by atoms with van der Waals surface area (Å²) in [5, 5.41) is 3.04. The number of piperidine rings is 1. The molecule has 0 radical (unpaired) electrons. The highest BCUT2D eigenvalue weighted by Crippen LogP contribution is 2.29. The van der Waals surface area contributed by atoms with Crippen molar-refractivity contribution in [2.45, 2.75) is 38.5 Å². The highest BCUT2D eigenvalue weighted by atomic mass is 19.1. The fourth-order valence-electron chi connectivity index (χ4n) is 4.80. The van der Waals surface area contributed by atoms with Gasteiger partial charge in [-0.05, 0) is 42.5 Å². The molecule has 0 unspecified atom stereocenters. The van der Waals surface area contributed by atoms with Gasteiger partial charge in [0.15, 0.2) is 5.69 Å². The van der Waals surface area contributed by atoms with E-state index in [1.54, 1.807) is 23.4 Å². The van der Waals surface area contributed by atoms with Crippen molar-refractivity contribution >= 4 is 11.8 Å². The Labute approximate surface area is 203 Å². The van der Waals surface area contributed by atoms with E-state index in [0.717, 1.165) is 17.7 Å². The number of halogens is 1. The van der Waals surface area contributed by atoms with Crippen LogP contribution in [0.3, 0.4) is 0 Å². The summed E-state index contributed by atoms with van der Waals surface area (Å²) in [7, 11) is 0. The Morgan fingerprint density at radius 2 is 1.80 bits per heavy atom. The van der Waals surface area contributed by atoms with Crippen LogP contribution in [0, 0.1) is 11.7 Å². The maximum atomic E-state index is 13.2. The highest BCUT2D eigenvalue weighted by Gasteiger charge is 2.32. The molecule has 8 heteroatoms. The third-order valence-corrected chi connectivity index (χ3v) is 6.88. The highest BCUT2D eigenvalue weighted by molar-refractivity contribution is 5.93. The Bertz CT molecular complexity index is 1170. The number of carbonyl (C=O) groups is 2. The van der Waals surface area contributed by atoms with Gasteiger partial charge in [-0.1, -0.05) is 42.5 Å². The molecule has 7 nitrogen and oxygen atoms in total. The summed E-state index contributed by atoms with van der Waals surface area (Å²) in [6, 6.07) is 16.4. The van der Waals surface area contributed by atoms with Crippen LogP contribution in [-0.4, -0.2) is 45.9 Å². The molecule has 182 valence electrons. The normalized spacial score (nSPS) is 18.2. The van der Waals surface area contributed by atoms with Gasteiger partial charge in [-0.25, -0.2) is 9.37 Å². The van der Waals surface area contributed by atoms with Crippen molar-refractivity contribution in [1.82, 2.24) is 19.8 Å². The van der Waals surface area contributed by atoms with Gasteiger partial charge in [0.05, 0.1) is 25.2 Å². The van der Waals surface area contributed by atoms with Gasteiger partial charge in [0.1, 0.15) is 11.9 Å². The Morgan fingerprint density at radius 3 is 2.54 bits per heavy atom. The summed E-state index contributed by atoms with van der Waals surface area (Å²) in [4.78, 5) is 31.9. The molecular weight excluding hydrogens is 447 g/mol. The fourth-order valence-corrected chi connectivity index (χ4v) is 4.80. The smallest absolute Gasteiger partial charge is 0.274 e. The van der Waals surface area contributed by atoms with Crippen LogP contribution in [0.25, 0.3) is 0 Å². The van der Waals surface area contributed by atoms with E-state index in [9.17, 15) is 14.0 Å². The number of amides is 2. The van der Waals surface area contributed by atoms with Crippen molar-refractivity contribution in [1.29, 1.82) is 0 Å². The van der Waals surface area contributed by atoms with Crippen LogP contribution in [0.5, 0.6) is 0 Å². The van der Waals surface area contributed by atoms with E-state index in [0.29, 0.717) is 44.7 Å². The van der Waals surface area contributed by atoms with Gasteiger partial charge >= 0.3 is 0 Å². The molecule has 3 aromatic rings. The maximum Gasteiger partial charge on any atom is 0.274 e. The van der Waals surface area contributed by atoms with Gasteiger partial charge in [0.25, 0.3) is 5.91 Å². The molecule has 1 aromatic heterocycles. The lowest BCUT2D eigenvalue weighted by molar-refractivity contribution is -0.126. The second kappa shape index (κ2) is 10.4. The molecule has 1 saturated heterocycles. The number of carbonyl (C=O) groups excluding carboxylic acids is 2. The molecule has 0 spiro atoms. The van der Waals surface area contributed by atoms with Gasteiger partial charge in [-0.3, -0.25) is 9.59 Å². The number of ether oxygens (including phenoxy) is 1. The lowest BCUT2D eigenvalue weighted by Crippen LogP contribution is -2.43. The molecule has 0 saturated carbocycles. The van der Waals surface area contributed by atoms with Gasteiger partial charge in [0.2, 0.25) is 5.91 Å². The second-order valence-electron chi connectivity index (χ2n) is 9.14. The zero-order chi connectivity index (χ0) is 24.2. The number of benzene rings is 2. The first-order valence-corrected chi connectivity index (χ1v) is 12.1. The van der Waals surface area contributed by atoms with Crippen molar-refractivity contribution in [3.8, 4) is 0 Å². The number of likely N-dealkylation sites (tertiary alicyclic amines) is 1. The number of fused-ring (bicyclic) bond motifs is 1. The fraction of sp³-hybridized carbons (Fsp3) is 0.370. The number of hydrogen-bond acceptors (Lipinski definition) is 4. The summed E-state index contributed by atoms with van der Waals surface area (Å²) in [5.74, 6) is -0.419. The van der Waals surface area contributed by atoms with Crippen LogP contribution >= 0.6 is 0 Å². The Morgan fingerprint density at radius 1 is 1.06 bits per heavy atom. The first-order valence-electron chi connectivity index (χ1n) is 12.1. The summed E-state index contributed by atoms with van der Waals surface area (Å²) in [5.41, 5.74) is 3.26. The van der Waals surface area contributed by atoms with Crippen LogP contribution < -0.4 is 5.32 Å². The van der Waals surface area contributed by atoms with E-state index in [1.807, 2.05) is 22.8 Å². The van der Waals surface area contributed by atoms with E-state index >= 15 is 0 Å². The number of nitrogens with one attached hydrogen (secondary N) is 1. The minimum atomic E-state index is -0.283. The molecule has 2 aliphatic rings. The lowest BCUT2D eigenvalue weighted by Gasteiger charge is -2.31. The molecule has 1 N–H and O–H groups in total. The first-order chi connectivity index (χ1) is 17.1. The van der Waals surface area contributed by atoms with Crippen LogP contribution in [0.2, 0.25) is 0 Å². The van der Waals surface area contributed by atoms with Gasteiger partial charge in [-0.15, -0.1) is 0 Å². The SMILES string of the molecule is O=C(NCCc1ccccc1)C1CCN(C(=O)c2ncn3c2CO[C@H](c2ccc(F)cc2)C3)CC1. The third-order valence-electron chi connectivity index (χ3n) is 6.88. The van der Waals surface area contributed by atoms with E-state index in [-0.39, 0.29) is 36.3 Å². The number of imidazole rings is 1. The van der Waals surface area contributed by atoms with Crippen molar-refractivity contribution in [3.05, 3.63) is 89.3 Å². The predicted octanol–water partition coefficient (Wildman–Crippen LogP) is 3.50. The second-order valence-corrected chi connectivity index (χ2v) is 9.14. The van der Waals surface area contributed by atoms with Crippen molar-refractivity contribution < 1.29 is 18.7 Å². The molecule has 0 aliphatic carbocycles. The largest absolute Gasteiger partial charge is 0.365 e. The van der Waals surface area contributed by atoms with Crippen LogP contribution in [0.4, 0.5) is 4.39 Å². The molecule has 3 heterocycles. The molecule has 5 rings (SSSR count).